The molecule has 0 aliphatic rings. The van der Waals surface area contributed by atoms with Crippen LogP contribution >= 0.6 is 0 Å². The molecule has 0 aliphatic heterocycles. The van der Waals surface area contributed by atoms with Gasteiger partial charge in [0.2, 0.25) is 5.91 Å². The lowest BCUT2D eigenvalue weighted by atomic mass is 9.90. The predicted molar refractivity (Wildman–Crippen MR) is 70.5 cm³/mol. The highest BCUT2D eigenvalue weighted by atomic mass is 16.1. The largest absolute Gasteiger partial charge is 0.384 e. The molecule has 1 heterocycles. The van der Waals surface area contributed by atoms with E-state index in [4.69, 9.17) is 5.73 Å². The van der Waals surface area contributed by atoms with Gasteiger partial charge in [0.15, 0.2) is 0 Å². The molecule has 1 amide bonds. The van der Waals surface area contributed by atoms with Crippen molar-refractivity contribution >= 4 is 17.4 Å². The van der Waals surface area contributed by atoms with Gasteiger partial charge in [0.05, 0.1) is 11.9 Å². The zero-order chi connectivity index (χ0) is 12.8. The molecule has 0 spiro atoms. The van der Waals surface area contributed by atoms with Crippen molar-refractivity contribution in [3.63, 3.8) is 0 Å². The smallest absolute Gasteiger partial charge is 0.224 e. The van der Waals surface area contributed by atoms with Gasteiger partial charge in [-0.2, -0.15) is 0 Å². The molecule has 3 N–H and O–H groups in total. The Hall–Kier alpha value is -1.58. The van der Waals surface area contributed by atoms with E-state index in [9.17, 15) is 4.79 Å². The molecule has 1 aromatic rings. The van der Waals surface area contributed by atoms with Crippen LogP contribution in [0.2, 0.25) is 0 Å². The fourth-order valence-corrected chi connectivity index (χ4v) is 1.78. The predicted octanol–water partition coefficient (Wildman–Crippen LogP) is 2.67. The third kappa shape index (κ3) is 4.43. The van der Waals surface area contributed by atoms with Gasteiger partial charge < -0.3 is 11.1 Å². The number of anilines is 2. The second-order valence-electron chi connectivity index (χ2n) is 4.64. The van der Waals surface area contributed by atoms with Gasteiger partial charge in [-0.05, 0) is 24.0 Å². The maximum Gasteiger partial charge on any atom is 0.224 e. The first-order valence-corrected chi connectivity index (χ1v) is 6.04. The highest BCUT2D eigenvalue weighted by Crippen LogP contribution is 2.19. The van der Waals surface area contributed by atoms with E-state index in [-0.39, 0.29) is 5.91 Å². The van der Waals surface area contributed by atoms with E-state index < -0.39 is 0 Å². The molecule has 94 valence electrons. The number of rotatable bonds is 5. The summed E-state index contributed by atoms with van der Waals surface area (Å²) in [7, 11) is 0. The number of pyridine rings is 1. The quantitative estimate of drug-likeness (QED) is 0.824. The summed E-state index contributed by atoms with van der Waals surface area (Å²) in [5.74, 6) is 1.45. The summed E-state index contributed by atoms with van der Waals surface area (Å²) < 4.78 is 0. The minimum atomic E-state index is 0.0390. The van der Waals surface area contributed by atoms with Crippen LogP contribution in [0.1, 0.15) is 33.6 Å². The Labute approximate surface area is 103 Å². The highest BCUT2D eigenvalue weighted by Gasteiger charge is 2.15. The van der Waals surface area contributed by atoms with E-state index in [2.05, 4.69) is 31.1 Å². The molecule has 1 rings (SSSR count). The fourth-order valence-electron chi connectivity index (χ4n) is 1.78. The first kappa shape index (κ1) is 13.5. The zero-order valence-electron chi connectivity index (χ0n) is 10.7. The number of nitrogens with zero attached hydrogens (tertiary/aromatic N) is 1. The number of aromatic nitrogens is 1. The van der Waals surface area contributed by atoms with Gasteiger partial charge in [-0.1, -0.05) is 27.2 Å². The maximum atomic E-state index is 11.8. The van der Waals surface area contributed by atoms with Crippen LogP contribution in [-0.4, -0.2) is 10.9 Å². The van der Waals surface area contributed by atoms with Crippen LogP contribution in [0.25, 0.3) is 0 Å². The number of carbonyl (C=O) groups excluding carboxylic acids is 1. The maximum absolute atomic E-state index is 11.8. The van der Waals surface area contributed by atoms with Crippen molar-refractivity contribution in [2.75, 3.05) is 11.1 Å². The second kappa shape index (κ2) is 6.23. The molecule has 0 fully saturated rings. The zero-order valence-corrected chi connectivity index (χ0v) is 10.7. The van der Waals surface area contributed by atoms with Crippen LogP contribution in [0.15, 0.2) is 18.3 Å². The third-order valence-electron chi connectivity index (χ3n) is 2.98. The van der Waals surface area contributed by atoms with E-state index in [0.717, 1.165) is 6.42 Å². The van der Waals surface area contributed by atoms with Crippen molar-refractivity contribution in [2.45, 2.75) is 33.6 Å². The minimum absolute atomic E-state index is 0.0390. The van der Waals surface area contributed by atoms with Crippen LogP contribution in [0.5, 0.6) is 0 Å². The Morgan fingerprint density at radius 1 is 1.47 bits per heavy atom. The number of nitrogens with two attached hydrogens (primary N) is 1. The number of hydrogen-bond acceptors (Lipinski definition) is 3. The third-order valence-corrected chi connectivity index (χ3v) is 2.98. The van der Waals surface area contributed by atoms with Crippen LogP contribution < -0.4 is 11.1 Å². The molecule has 4 nitrogen and oxygen atoms in total. The van der Waals surface area contributed by atoms with Gasteiger partial charge in [-0.3, -0.25) is 4.79 Å². The van der Waals surface area contributed by atoms with E-state index in [0.29, 0.717) is 29.8 Å². The summed E-state index contributed by atoms with van der Waals surface area (Å²) in [6.45, 7) is 6.40. The summed E-state index contributed by atoms with van der Waals surface area (Å²) in [6.07, 6.45) is 3.15. The van der Waals surface area contributed by atoms with E-state index in [1.54, 1.807) is 18.3 Å². The molecule has 0 radical (unpaired) electrons. The summed E-state index contributed by atoms with van der Waals surface area (Å²) >= 11 is 0. The van der Waals surface area contributed by atoms with Crippen LogP contribution in [0, 0.1) is 11.8 Å². The van der Waals surface area contributed by atoms with Crippen molar-refractivity contribution in [1.82, 2.24) is 4.98 Å². The van der Waals surface area contributed by atoms with Crippen LogP contribution in [0.4, 0.5) is 11.5 Å². The van der Waals surface area contributed by atoms with Crippen molar-refractivity contribution in [3.8, 4) is 0 Å². The van der Waals surface area contributed by atoms with Crippen molar-refractivity contribution < 1.29 is 4.79 Å². The Morgan fingerprint density at radius 3 is 2.65 bits per heavy atom. The summed E-state index contributed by atoms with van der Waals surface area (Å²) in [5, 5.41) is 2.83. The average Bonchev–Trinajstić information content (AvgIpc) is 2.28. The van der Waals surface area contributed by atoms with Crippen LogP contribution in [-0.2, 0) is 4.79 Å². The van der Waals surface area contributed by atoms with E-state index >= 15 is 0 Å². The molecular weight excluding hydrogens is 214 g/mol. The van der Waals surface area contributed by atoms with Gasteiger partial charge in [-0.25, -0.2) is 4.98 Å². The molecule has 0 aliphatic carbocycles. The molecule has 4 heteroatoms. The lowest BCUT2D eigenvalue weighted by molar-refractivity contribution is -0.117. The van der Waals surface area contributed by atoms with Gasteiger partial charge >= 0.3 is 0 Å². The van der Waals surface area contributed by atoms with Gasteiger partial charge in [0.25, 0.3) is 0 Å². The first-order valence-electron chi connectivity index (χ1n) is 6.04. The second-order valence-corrected chi connectivity index (χ2v) is 4.64. The normalized spacial score (nSPS) is 12.5. The van der Waals surface area contributed by atoms with Gasteiger partial charge in [-0.15, -0.1) is 0 Å². The molecule has 1 unspecified atom stereocenters. The number of amides is 1. The first-order chi connectivity index (χ1) is 8.02. The van der Waals surface area contributed by atoms with Gasteiger partial charge in [0.1, 0.15) is 5.82 Å². The molecule has 1 atom stereocenters. The highest BCUT2D eigenvalue weighted by molar-refractivity contribution is 5.90. The van der Waals surface area contributed by atoms with E-state index in [1.807, 2.05) is 0 Å². The Kier molecular flexibility index (Phi) is 4.94. The fraction of sp³-hybridized carbons (Fsp3) is 0.538. The Bertz CT molecular complexity index is 359. The Morgan fingerprint density at radius 2 is 2.18 bits per heavy atom. The number of carbonyl (C=O) groups is 1. The number of nitrogens with one attached hydrogen (secondary N) is 1. The van der Waals surface area contributed by atoms with Crippen molar-refractivity contribution in [1.29, 1.82) is 0 Å². The molecule has 0 saturated heterocycles. The molecule has 17 heavy (non-hydrogen) atoms. The lowest BCUT2D eigenvalue weighted by Crippen LogP contribution is -2.19. The molecule has 0 aromatic carbocycles. The summed E-state index contributed by atoms with van der Waals surface area (Å²) in [5.41, 5.74) is 6.17. The topological polar surface area (TPSA) is 68.0 Å². The molecule has 1 aromatic heterocycles. The van der Waals surface area contributed by atoms with Gasteiger partial charge in [0, 0.05) is 6.42 Å². The average molecular weight is 235 g/mol. The molecule has 0 bridgehead atoms. The molecule has 0 saturated carbocycles. The number of nitrogen functional groups attached to an aromatic ring is 1. The number of hydrogen-bond donors (Lipinski definition) is 2. The summed E-state index contributed by atoms with van der Waals surface area (Å²) in [4.78, 5) is 15.7. The lowest BCUT2D eigenvalue weighted by Gasteiger charge is -2.18. The monoisotopic (exact) mass is 235 g/mol. The minimum Gasteiger partial charge on any atom is -0.384 e. The standard InChI is InChI=1S/C13H21N3O/c1-4-10(9(2)3)7-13(17)16-11-5-6-12(14)15-8-11/h5-6,8-10H,4,7H2,1-3H3,(H2,14,15)(H,16,17). The SMILES string of the molecule is CCC(CC(=O)Nc1ccc(N)nc1)C(C)C. The van der Waals surface area contributed by atoms with E-state index in [1.165, 1.54) is 0 Å². The Balaban J connectivity index is 2.52. The van der Waals surface area contributed by atoms with Crippen LogP contribution in [0.3, 0.4) is 0 Å². The summed E-state index contributed by atoms with van der Waals surface area (Å²) in [6, 6.07) is 3.44. The molecular formula is C13H21N3O. The van der Waals surface area contributed by atoms with Crippen molar-refractivity contribution in [2.24, 2.45) is 11.8 Å². The van der Waals surface area contributed by atoms with Crippen molar-refractivity contribution in [3.05, 3.63) is 18.3 Å².